The fraction of sp³-hybridized carbons (Fsp3) is 0.269. The fourth-order valence-electron chi connectivity index (χ4n) is 3.94. The Balaban J connectivity index is 1.66. The van der Waals surface area contributed by atoms with Gasteiger partial charge in [-0.3, -0.25) is 14.2 Å². The minimum Gasteiger partial charge on any atom is -0.497 e. The molecule has 1 amide bonds. The zero-order chi connectivity index (χ0) is 24.9. The Bertz CT molecular complexity index is 1410. The molecule has 2 aromatic carbocycles. The van der Waals surface area contributed by atoms with Crippen LogP contribution in [0.25, 0.3) is 22.2 Å². The number of nitrogens with zero attached hydrogens (tertiary/aromatic N) is 3. The maximum absolute atomic E-state index is 13.5. The van der Waals surface area contributed by atoms with Crippen LogP contribution in [0.4, 0.5) is 5.69 Å². The number of hydrogen-bond acceptors (Lipinski definition) is 6. The smallest absolute Gasteiger partial charge is 0.278 e. The average molecular weight is 493 g/mol. The molecular weight excluding hydrogens is 464 g/mol. The van der Waals surface area contributed by atoms with Gasteiger partial charge < -0.3 is 19.4 Å². The zero-order valence-corrected chi connectivity index (χ0v) is 21.0. The highest BCUT2D eigenvalue weighted by atomic mass is 32.2. The van der Waals surface area contributed by atoms with E-state index in [0.717, 1.165) is 17.5 Å². The lowest BCUT2D eigenvalue weighted by Gasteiger charge is -2.13. The minimum atomic E-state index is -0.240. The van der Waals surface area contributed by atoms with Gasteiger partial charge in [-0.25, -0.2) is 4.98 Å². The van der Waals surface area contributed by atoms with Crippen molar-refractivity contribution in [2.24, 2.45) is 7.05 Å². The van der Waals surface area contributed by atoms with E-state index in [9.17, 15) is 9.59 Å². The number of methoxy groups -OCH3 is 2. The summed E-state index contributed by atoms with van der Waals surface area (Å²) in [6.07, 6.45) is 2.70. The molecule has 182 valence electrons. The molecule has 8 nitrogen and oxygen atoms in total. The molecular formula is C26H28N4O4S. The van der Waals surface area contributed by atoms with E-state index < -0.39 is 0 Å². The first kappa shape index (κ1) is 24.4. The molecule has 2 heterocycles. The van der Waals surface area contributed by atoms with Crippen molar-refractivity contribution >= 4 is 34.4 Å². The molecule has 0 spiro atoms. The second-order valence-electron chi connectivity index (χ2n) is 7.97. The Hall–Kier alpha value is -3.72. The summed E-state index contributed by atoms with van der Waals surface area (Å²) < 4.78 is 14.1. The summed E-state index contributed by atoms with van der Waals surface area (Å²) in [5, 5.41) is 3.38. The third-order valence-corrected chi connectivity index (χ3v) is 6.56. The lowest BCUT2D eigenvalue weighted by atomic mass is 10.1. The molecule has 0 aliphatic carbocycles. The van der Waals surface area contributed by atoms with Crippen molar-refractivity contribution in [3.8, 4) is 22.6 Å². The Morgan fingerprint density at radius 2 is 1.89 bits per heavy atom. The van der Waals surface area contributed by atoms with Crippen LogP contribution in [0.5, 0.6) is 11.5 Å². The number of aromatic nitrogens is 3. The van der Waals surface area contributed by atoms with Crippen molar-refractivity contribution in [2.75, 3.05) is 25.3 Å². The summed E-state index contributed by atoms with van der Waals surface area (Å²) in [5.41, 5.74) is 3.45. The van der Waals surface area contributed by atoms with Crippen LogP contribution in [0.1, 0.15) is 13.3 Å². The van der Waals surface area contributed by atoms with Crippen LogP contribution in [-0.2, 0) is 18.4 Å². The topological polar surface area (TPSA) is 87.4 Å². The van der Waals surface area contributed by atoms with Gasteiger partial charge in [0, 0.05) is 31.4 Å². The van der Waals surface area contributed by atoms with Crippen LogP contribution >= 0.6 is 11.8 Å². The van der Waals surface area contributed by atoms with Gasteiger partial charge in [0.1, 0.15) is 22.5 Å². The number of carbonyl (C=O) groups excluding carboxylic acids is 1. The maximum atomic E-state index is 13.5. The van der Waals surface area contributed by atoms with E-state index >= 15 is 0 Å². The van der Waals surface area contributed by atoms with Crippen LogP contribution in [0.3, 0.4) is 0 Å². The standard InChI is InChI=1S/C26H28N4O4S/c1-5-13-30-25(32)24-23(19(15-29(24)2)17-9-7-6-8-10-17)28-26(30)35-16-22(31)27-20-14-18(33-3)11-12-21(20)34-4/h6-12,14-15H,5,13,16H2,1-4H3,(H,27,31). The monoisotopic (exact) mass is 492 g/mol. The van der Waals surface area contributed by atoms with Crippen molar-refractivity contribution in [3.05, 3.63) is 65.1 Å². The maximum Gasteiger partial charge on any atom is 0.278 e. The van der Waals surface area contributed by atoms with Crippen molar-refractivity contribution in [2.45, 2.75) is 25.0 Å². The number of carbonyl (C=O) groups is 1. The van der Waals surface area contributed by atoms with Gasteiger partial charge in [-0.1, -0.05) is 49.0 Å². The van der Waals surface area contributed by atoms with Gasteiger partial charge in [0.2, 0.25) is 5.91 Å². The van der Waals surface area contributed by atoms with E-state index in [4.69, 9.17) is 14.5 Å². The van der Waals surface area contributed by atoms with Crippen LogP contribution in [0.2, 0.25) is 0 Å². The molecule has 2 aromatic heterocycles. The predicted octanol–water partition coefficient (Wildman–Crippen LogP) is 4.56. The molecule has 0 saturated heterocycles. The molecule has 0 saturated carbocycles. The Morgan fingerprint density at radius 1 is 1.11 bits per heavy atom. The second kappa shape index (κ2) is 10.7. The molecule has 4 rings (SSSR count). The average Bonchev–Trinajstić information content (AvgIpc) is 3.21. The summed E-state index contributed by atoms with van der Waals surface area (Å²) >= 11 is 1.24. The van der Waals surface area contributed by atoms with Gasteiger partial charge in [-0.05, 0) is 24.1 Å². The van der Waals surface area contributed by atoms with Gasteiger partial charge in [0.05, 0.1) is 25.7 Å². The highest BCUT2D eigenvalue weighted by Crippen LogP contribution is 2.31. The lowest BCUT2D eigenvalue weighted by molar-refractivity contribution is -0.113. The number of benzene rings is 2. The van der Waals surface area contributed by atoms with Crippen molar-refractivity contribution in [3.63, 3.8) is 0 Å². The Kier molecular flexibility index (Phi) is 7.45. The Morgan fingerprint density at radius 3 is 2.57 bits per heavy atom. The molecule has 0 atom stereocenters. The number of fused-ring (bicyclic) bond motifs is 1. The molecule has 0 radical (unpaired) electrons. The Labute approximate surface area is 207 Å². The highest BCUT2D eigenvalue weighted by molar-refractivity contribution is 7.99. The summed E-state index contributed by atoms with van der Waals surface area (Å²) in [6.45, 7) is 2.52. The van der Waals surface area contributed by atoms with Gasteiger partial charge in [0.25, 0.3) is 5.56 Å². The largest absolute Gasteiger partial charge is 0.497 e. The van der Waals surface area contributed by atoms with E-state index in [2.05, 4.69) is 5.32 Å². The first-order valence-corrected chi connectivity index (χ1v) is 12.2. The van der Waals surface area contributed by atoms with Crippen molar-refractivity contribution < 1.29 is 14.3 Å². The van der Waals surface area contributed by atoms with Gasteiger partial charge >= 0.3 is 0 Å². The quantitative estimate of drug-likeness (QED) is 0.272. The second-order valence-corrected chi connectivity index (χ2v) is 8.91. The third-order valence-electron chi connectivity index (χ3n) is 5.59. The number of amides is 1. The van der Waals surface area contributed by atoms with Crippen LogP contribution < -0.4 is 20.3 Å². The first-order chi connectivity index (χ1) is 17.0. The highest BCUT2D eigenvalue weighted by Gasteiger charge is 2.19. The summed E-state index contributed by atoms with van der Waals surface area (Å²) in [4.78, 5) is 31.1. The number of hydrogen-bond donors (Lipinski definition) is 1. The number of aryl methyl sites for hydroxylation is 1. The van der Waals surface area contributed by atoms with Crippen molar-refractivity contribution in [1.82, 2.24) is 14.1 Å². The molecule has 0 aliphatic rings. The summed E-state index contributed by atoms with van der Waals surface area (Å²) in [7, 11) is 4.96. The van der Waals surface area contributed by atoms with Crippen molar-refractivity contribution in [1.29, 1.82) is 0 Å². The minimum absolute atomic E-state index is 0.0789. The summed E-state index contributed by atoms with van der Waals surface area (Å²) in [5.74, 6) is 0.976. The van der Waals surface area contributed by atoms with Gasteiger partial charge in [0.15, 0.2) is 5.16 Å². The lowest BCUT2D eigenvalue weighted by Crippen LogP contribution is -2.25. The fourth-order valence-corrected chi connectivity index (χ4v) is 4.76. The normalized spacial score (nSPS) is 11.0. The molecule has 0 bridgehead atoms. The van der Waals surface area contributed by atoms with Crippen LogP contribution in [0.15, 0.2) is 64.7 Å². The predicted molar refractivity (Wildman–Crippen MR) is 140 cm³/mol. The number of ether oxygens (including phenoxy) is 2. The van der Waals surface area contributed by atoms with E-state index in [1.165, 1.54) is 11.8 Å². The third kappa shape index (κ3) is 5.05. The molecule has 1 N–H and O–H groups in total. The number of nitrogens with one attached hydrogen (secondary N) is 1. The number of thioether (sulfide) groups is 1. The number of rotatable bonds is 9. The van der Waals surface area contributed by atoms with Crippen LogP contribution in [-0.4, -0.2) is 40.0 Å². The van der Waals surface area contributed by atoms with E-state index in [0.29, 0.717) is 39.9 Å². The van der Waals surface area contributed by atoms with Gasteiger partial charge in [-0.2, -0.15) is 0 Å². The SMILES string of the molecule is CCCn1c(SCC(=O)Nc2cc(OC)ccc2OC)nc2c(-c3ccccc3)cn(C)c2c1=O. The van der Waals surface area contributed by atoms with Gasteiger partial charge in [-0.15, -0.1) is 0 Å². The summed E-state index contributed by atoms with van der Waals surface area (Å²) in [6, 6.07) is 15.1. The van der Waals surface area contributed by atoms with E-state index in [1.807, 2.05) is 55.1 Å². The number of anilines is 1. The molecule has 9 heteroatoms. The van der Waals surface area contributed by atoms with Crippen LogP contribution in [0, 0.1) is 0 Å². The molecule has 0 unspecified atom stereocenters. The van der Waals surface area contributed by atoms with E-state index in [1.54, 1.807) is 37.0 Å². The van der Waals surface area contributed by atoms with E-state index in [-0.39, 0.29) is 17.2 Å². The molecule has 0 aliphatic heterocycles. The molecule has 35 heavy (non-hydrogen) atoms. The first-order valence-electron chi connectivity index (χ1n) is 11.3. The molecule has 0 fully saturated rings. The zero-order valence-electron chi connectivity index (χ0n) is 20.2. The molecule has 4 aromatic rings.